The quantitative estimate of drug-likeness (QED) is 0.749. The van der Waals surface area contributed by atoms with E-state index in [1.54, 1.807) is 4.90 Å². The summed E-state index contributed by atoms with van der Waals surface area (Å²) in [4.78, 5) is 13.7. The average Bonchev–Trinajstić information content (AvgIpc) is 2.38. The Labute approximate surface area is 107 Å². The molecule has 0 spiro atoms. The van der Waals surface area contributed by atoms with E-state index in [-0.39, 0.29) is 18.2 Å². The Kier molecular flexibility index (Phi) is 5.19. The molecule has 4 heteroatoms. The molecule has 0 aliphatic carbocycles. The fourth-order valence-corrected chi connectivity index (χ4v) is 1.61. The summed E-state index contributed by atoms with van der Waals surface area (Å²) in [6, 6.07) is 4.03. The van der Waals surface area contributed by atoms with Gasteiger partial charge in [-0.3, -0.25) is 4.79 Å². The van der Waals surface area contributed by atoms with E-state index < -0.39 is 5.82 Å². The number of methoxy groups -OCH3 is 1. The number of ether oxygens (including phenoxy) is 1. The molecule has 96 valence electrons. The molecule has 18 heavy (non-hydrogen) atoms. The van der Waals surface area contributed by atoms with Crippen molar-refractivity contribution in [2.75, 3.05) is 20.2 Å². The van der Waals surface area contributed by atoms with Gasteiger partial charge in [-0.15, -0.1) is 6.42 Å². The van der Waals surface area contributed by atoms with E-state index >= 15 is 0 Å². The van der Waals surface area contributed by atoms with Gasteiger partial charge in [-0.05, 0) is 24.6 Å². The number of rotatable bonds is 5. The lowest BCUT2D eigenvalue weighted by atomic mass is 10.1. The van der Waals surface area contributed by atoms with Gasteiger partial charge in [-0.25, -0.2) is 4.39 Å². The number of terminal acetylenes is 1. The van der Waals surface area contributed by atoms with Crippen LogP contribution in [0.5, 0.6) is 5.75 Å². The Morgan fingerprint density at radius 2 is 2.28 bits per heavy atom. The van der Waals surface area contributed by atoms with Crippen LogP contribution < -0.4 is 4.74 Å². The number of carbonyl (C=O) groups is 1. The van der Waals surface area contributed by atoms with Gasteiger partial charge in [-0.1, -0.05) is 12.8 Å². The summed E-state index contributed by atoms with van der Waals surface area (Å²) in [5.41, 5.74) is 0.372. The maximum Gasteiger partial charge on any atom is 0.254 e. The first-order valence-corrected chi connectivity index (χ1v) is 5.70. The van der Waals surface area contributed by atoms with Crippen LogP contribution in [0, 0.1) is 18.2 Å². The third kappa shape index (κ3) is 3.24. The Balaban J connectivity index is 2.98. The van der Waals surface area contributed by atoms with Gasteiger partial charge >= 0.3 is 0 Å². The lowest BCUT2D eigenvalue weighted by Crippen LogP contribution is -2.32. The van der Waals surface area contributed by atoms with Crippen molar-refractivity contribution >= 4 is 5.91 Å². The monoisotopic (exact) mass is 249 g/mol. The zero-order valence-corrected chi connectivity index (χ0v) is 10.6. The van der Waals surface area contributed by atoms with Gasteiger partial charge in [0.15, 0.2) is 11.6 Å². The molecule has 0 saturated heterocycles. The number of nitrogens with zero attached hydrogens (tertiary/aromatic N) is 1. The van der Waals surface area contributed by atoms with E-state index in [9.17, 15) is 9.18 Å². The number of benzene rings is 1. The van der Waals surface area contributed by atoms with Crippen molar-refractivity contribution in [3.05, 3.63) is 29.6 Å². The Morgan fingerprint density at radius 3 is 2.83 bits per heavy atom. The molecule has 0 aliphatic heterocycles. The summed E-state index contributed by atoms with van der Waals surface area (Å²) >= 11 is 0. The third-order valence-electron chi connectivity index (χ3n) is 2.46. The van der Waals surface area contributed by atoms with Gasteiger partial charge in [0.1, 0.15) is 0 Å². The predicted molar refractivity (Wildman–Crippen MR) is 68.0 cm³/mol. The summed E-state index contributed by atoms with van der Waals surface area (Å²) < 4.78 is 18.1. The van der Waals surface area contributed by atoms with Gasteiger partial charge < -0.3 is 9.64 Å². The summed E-state index contributed by atoms with van der Waals surface area (Å²) in [6.45, 7) is 2.77. The molecule has 0 N–H and O–H groups in total. The van der Waals surface area contributed by atoms with Gasteiger partial charge in [0.25, 0.3) is 5.91 Å². The Hall–Kier alpha value is -2.02. The van der Waals surface area contributed by atoms with E-state index in [1.807, 2.05) is 6.92 Å². The van der Waals surface area contributed by atoms with E-state index in [0.29, 0.717) is 12.1 Å². The van der Waals surface area contributed by atoms with E-state index in [4.69, 9.17) is 11.2 Å². The molecule has 3 nitrogen and oxygen atoms in total. The van der Waals surface area contributed by atoms with E-state index in [0.717, 1.165) is 6.42 Å². The fraction of sp³-hybridized carbons (Fsp3) is 0.357. The summed E-state index contributed by atoms with van der Waals surface area (Å²) in [6.07, 6.45) is 6.04. The number of amides is 1. The van der Waals surface area contributed by atoms with Crippen molar-refractivity contribution in [2.24, 2.45) is 0 Å². The van der Waals surface area contributed by atoms with Crippen molar-refractivity contribution < 1.29 is 13.9 Å². The van der Waals surface area contributed by atoms with Crippen LogP contribution in [-0.2, 0) is 0 Å². The maximum absolute atomic E-state index is 13.2. The second-order valence-electron chi connectivity index (χ2n) is 3.78. The number of hydrogen-bond acceptors (Lipinski definition) is 2. The molecule has 1 aromatic carbocycles. The van der Waals surface area contributed by atoms with Crippen LogP contribution >= 0.6 is 0 Å². The first-order valence-electron chi connectivity index (χ1n) is 5.70. The highest BCUT2D eigenvalue weighted by Gasteiger charge is 2.16. The molecule has 0 saturated carbocycles. The van der Waals surface area contributed by atoms with Crippen LogP contribution in [0.1, 0.15) is 23.7 Å². The first kappa shape index (κ1) is 14.0. The van der Waals surface area contributed by atoms with Gasteiger partial charge in [-0.2, -0.15) is 0 Å². The van der Waals surface area contributed by atoms with Gasteiger partial charge in [0, 0.05) is 12.1 Å². The van der Waals surface area contributed by atoms with Crippen LogP contribution in [-0.4, -0.2) is 31.0 Å². The summed E-state index contributed by atoms with van der Waals surface area (Å²) in [5.74, 6) is 1.79. The molecule has 0 heterocycles. The molecule has 1 aromatic rings. The SMILES string of the molecule is C#CCN(CCC)C(=O)c1ccc(F)c(OC)c1. The highest BCUT2D eigenvalue weighted by atomic mass is 19.1. The average molecular weight is 249 g/mol. The van der Waals surface area contributed by atoms with Gasteiger partial charge in [0.05, 0.1) is 13.7 Å². The minimum absolute atomic E-state index is 0.0537. The topological polar surface area (TPSA) is 29.5 Å². The van der Waals surface area contributed by atoms with Crippen LogP contribution in [0.3, 0.4) is 0 Å². The summed E-state index contributed by atoms with van der Waals surface area (Å²) in [7, 11) is 1.36. The molecule has 1 rings (SSSR count). The maximum atomic E-state index is 13.2. The fourth-order valence-electron chi connectivity index (χ4n) is 1.61. The highest BCUT2D eigenvalue weighted by molar-refractivity contribution is 5.94. The Bertz CT molecular complexity index is 465. The normalized spacial score (nSPS) is 9.67. The standard InChI is InChI=1S/C14H16FNO2/c1-4-8-16(9-5-2)14(17)11-6-7-12(15)13(10-11)18-3/h1,6-7,10H,5,8-9H2,2-3H3. The van der Waals surface area contributed by atoms with Gasteiger partial charge in [0.2, 0.25) is 0 Å². The lowest BCUT2D eigenvalue weighted by Gasteiger charge is -2.19. The molecule has 0 unspecified atom stereocenters. The minimum Gasteiger partial charge on any atom is -0.494 e. The third-order valence-corrected chi connectivity index (χ3v) is 2.46. The van der Waals surface area contributed by atoms with Crippen LogP contribution in [0.4, 0.5) is 4.39 Å². The highest BCUT2D eigenvalue weighted by Crippen LogP contribution is 2.19. The van der Waals surface area contributed by atoms with Crippen LogP contribution in [0.15, 0.2) is 18.2 Å². The van der Waals surface area contributed by atoms with Crippen molar-refractivity contribution in [1.29, 1.82) is 0 Å². The number of hydrogen-bond donors (Lipinski definition) is 0. The molecule has 0 fully saturated rings. The number of carbonyl (C=O) groups excluding carboxylic acids is 1. The molecular formula is C14H16FNO2. The molecule has 0 bridgehead atoms. The molecule has 0 radical (unpaired) electrons. The van der Waals surface area contributed by atoms with Crippen LogP contribution in [0.25, 0.3) is 0 Å². The minimum atomic E-state index is -0.493. The van der Waals surface area contributed by atoms with E-state index in [2.05, 4.69) is 5.92 Å². The molecule has 1 amide bonds. The van der Waals surface area contributed by atoms with Crippen molar-refractivity contribution in [2.45, 2.75) is 13.3 Å². The molecular weight excluding hydrogens is 233 g/mol. The van der Waals surface area contributed by atoms with Crippen LogP contribution in [0.2, 0.25) is 0 Å². The zero-order valence-electron chi connectivity index (χ0n) is 10.6. The number of halogens is 1. The molecule has 0 aliphatic rings. The van der Waals surface area contributed by atoms with Crippen molar-refractivity contribution in [3.8, 4) is 18.1 Å². The van der Waals surface area contributed by atoms with Crippen molar-refractivity contribution in [3.63, 3.8) is 0 Å². The first-order chi connectivity index (χ1) is 8.63. The van der Waals surface area contributed by atoms with E-state index in [1.165, 1.54) is 25.3 Å². The van der Waals surface area contributed by atoms with Crippen molar-refractivity contribution in [1.82, 2.24) is 4.90 Å². The smallest absolute Gasteiger partial charge is 0.254 e. The second-order valence-corrected chi connectivity index (χ2v) is 3.78. The zero-order chi connectivity index (χ0) is 13.5. The summed E-state index contributed by atoms with van der Waals surface area (Å²) in [5, 5.41) is 0. The molecule has 0 atom stereocenters. The predicted octanol–water partition coefficient (Wildman–Crippen LogP) is 2.32. The lowest BCUT2D eigenvalue weighted by molar-refractivity contribution is 0.0776. The Morgan fingerprint density at radius 1 is 1.56 bits per heavy atom. The second kappa shape index (κ2) is 6.65. The largest absolute Gasteiger partial charge is 0.494 e. The molecule has 0 aromatic heterocycles.